The van der Waals surface area contributed by atoms with Gasteiger partial charge in [0, 0.05) is 32.2 Å². The number of rotatable bonds is 6. The standard InChI is InChI=1S/C14H25N3O4/c1-11(2)15-13(18)12-10-17(14(19)21-12)5-3-4-16-6-8-20-9-7-16/h11-12H,3-10H2,1-2H3,(H,15,18). The Morgan fingerprint density at radius 3 is 2.71 bits per heavy atom. The van der Waals surface area contributed by atoms with Gasteiger partial charge in [-0.2, -0.15) is 0 Å². The Labute approximate surface area is 125 Å². The summed E-state index contributed by atoms with van der Waals surface area (Å²) in [5, 5.41) is 2.77. The van der Waals surface area contributed by atoms with Crippen LogP contribution in [0.1, 0.15) is 20.3 Å². The van der Waals surface area contributed by atoms with Gasteiger partial charge >= 0.3 is 6.09 Å². The minimum Gasteiger partial charge on any atom is -0.434 e. The lowest BCUT2D eigenvalue weighted by atomic mass is 10.2. The van der Waals surface area contributed by atoms with E-state index in [2.05, 4.69) is 10.2 Å². The van der Waals surface area contributed by atoms with Crippen molar-refractivity contribution in [2.24, 2.45) is 0 Å². The lowest BCUT2D eigenvalue weighted by Gasteiger charge is -2.27. The van der Waals surface area contributed by atoms with Crippen molar-refractivity contribution in [1.82, 2.24) is 15.1 Å². The molecule has 0 bridgehead atoms. The second-order valence-corrected chi connectivity index (χ2v) is 5.79. The maximum absolute atomic E-state index is 11.8. The Bertz CT molecular complexity index is 369. The molecule has 0 aliphatic carbocycles. The zero-order valence-corrected chi connectivity index (χ0v) is 12.8. The van der Waals surface area contributed by atoms with E-state index in [4.69, 9.17) is 9.47 Å². The van der Waals surface area contributed by atoms with E-state index >= 15 is 0 Å². The first-order chi connectivity index (χ1) is 10.1. The summed E-state index contributed by atoms with van der Waals surface area (Å²) in [5.41, 5.74) is 0. The van der Waals surface area contributed by atoms with Gasteiger partial charge in [0.25, 0.3) is 5.91 Å². The minimum atomic E-state index is -0.678. The van der Waals surface area contributed by atoms with Crippen molar-refractivity contribution in [3.05, 3.63) is 0 Å². The van der Waals surface area contributed by atoms with Crippen LogP contribution >= 0.6 is 0 Å². The van der Waals surface area contributed by atoms with Crippen molar-refractivity contribution in [2.75, 3.05) is 45.9 Å². The minimum absolute atomic E-state index is 0.0478. The van der Waals surface area contributed by atoms with Crippen molar-refractivity contribution in [3.8, 4) is 0 Å². The first kappa shape index (κ1) is 16.0. The van der Waals surface area contributed by atoms with Crippen molar-refractivity contribution in [2.45, 2.75) is 32.4 Å². The molecule has 21 heavy (non-hydrogen) atoms. The van der Waals surface area contributed by atoms with Crippen LogP contribution in [-0.2, 0) is 14.3 Å². The van der Waals surface area contributed by atoms with Crippen LogP contribution in [0, 0.1) is 0 Å². The van der Waals surface area contributed by atoms with Gasteiger partial charge in [0.2, 0.25) is 0 Å². The van der Waals surface area contributed by atoms with E-state index in [0.717, 1.165) is 39.3 Å². The maximum Gasteiger partial charge on any atom is 0.410 e. The summed E-state index contributed by atoms with van der Waals surface area (Å²) in [4.78, 5) is 27.5. The molecule has 0 saturated carbocycles. The van der Waals surface area contributed by atoms with E-state index in [1.165, 1.54) is 0 Å². The molecule has 2 amide bonds. The third-order valence-corrected chi connectivity index (χ3v) is 3.62. The Balaban J connectivity index is 1.69. The molecule has 0 radical (unpaired) electrons. The molecule has 2 rings (SSSR count). The number of hydrogen-bond acceptors (Lipinski definition) is 5. The molecule has 1 N–H and O–H groups in total. The zero-order valence-electron chi connectivity index (χ0n) is 12.8. The van der Waals surface area contributed by atoms with Gasteiger partial charge in [-0.3, -0.25) is 9.69 Å². The summed E-state index contributed by atoms with van der Waals surface area (Å²) < 4.78 is 10.4. The fraction of sp³-hybridized carbons (Fsp3) is 0.857. The van der Waals surface area contributed by atoms with Crippen molar-refractivity contribution in [3.63, 3.8) is 0 Å². The molecule has 1 unspecified atom stereocenters. The number of morpholine rings is 1. The molecule has 0 aromatic heterocycles. The Morgan fingerprint density at radius 2 is 2.05 bits per heavy atom. The molecule has 2 aliphatic rings. The Morgan fingerprint density at radius 1 is 1.33 bits per heavy atom. The molecule has 2 heterocycles. The van der Waals surface area contributed by atoms with Crippen LogP contribution in [0.25, 0.3) is 0 Å². The summed E-state index contributed by atoms with van der Waals surface area (Å²) in [5.74, 6) is -0.214. The average molecular weight is 299 g/mol. The fourth-order valence-corrected chi connectivity index (χ4v) is 2.51. The van der Waals surface area contributed by atoms with Crippen LogP contribution in [0.2, 0.25) is 0 Å². The number of nitrogens with zero attached hydrogens (tertiary/aromatic N) is 2. The predicted molar refractivity (Wildman–Crippen MR) is 77.0 cm³/mol. The number of carbonyl (C=O) groups is 2. The smallest absolute Gasteiger partial charge is 0.410 e. The zero-order chi connectivity index (χ0) is 15.2. The highest BCUT2D eigenvalue weighted by Crippen LogP contribution is 2.12. The van der Waals surface area contributed by atoms with Gasteiger partial charge in [0.1, 0.15) is 0 Å². The first-order valence-electron chi connectivity index (χ1n) is 7.62. The summed E-state index contributed by atoms with van der Waals surface area (Å²) >= 11 is 0. The lowest BCUT2D eigenvalue weighted by Crippen LogP contribution is -2.41. The molecular weight excluding hydrogens is 274 g/mol. The second kappa shape index (κ2) is 7.61. The van der Waals surface area contributed by atoms with Crippen LogP contribution in [0.3, 0.4) is 0 Å². The molecule has 0 spiro atoms. The summed E-state index contributed by atoms with van der Waals surface area (Å²) in [7, 11) is 0. The molecule has 120 valence electrons. The molecule has 7 heteroatoms. The van der Waals surface area contributed by atoms with Crippen molar-refractivity contribution < 1.29 is 19.1 Å². The van der Waals surface area contributed by atoms with E-state index in [1.54, 1.807) is 4.90 Å². The van der Waals surface area contributed by atoms with E-state index < -0.39 is 6.10 Å². The largest absolute Gasteiger partial charge is 0.434 e. The van der Waals surface area contributed by atoms with Crippen LogP contribution < -0.4 is 5.32 Å². The van der Waals surface area contributed by atoms with Gasteiger partial charge in [0.15, 0.2) is 6.10 Å². The molecular formula is C14H25N3O4. The molecule has 0 aromatic rings. The number of cyclic esters (lactones) is 1. The van der Waals surface area contributed by atoms with Crippen LogP contribution in [0.5, 0.6) is 0 Å². The Kier molecular flexibility index (Phi) is 5.81. The van der Waals surface area contributed by atoms with E-state index in [-0.39, 0.29) is 18.0 Å². The third-order valence-electron chi connectivity index (χ3n) is 3.62. The molecule has 2 aliphatic heterocycles. The molecule has 1 atom stereocenters. The SMILES string of the molecule is CC(C)NC(=O)C1CN(CCCN2CCOCC2)C(=O)O1. The summed E-state index contributed by atoms with van der Waals surface area (Å²) in [6.07, 6.45) is -0.183. The normalized spacial score (nSPS) is 23.5. The van der Waals surface area contributed by atoms with Gasteiger partial charge in [-0.1, -0.05) is 0 Å². The predicted octanol–water partition coefficient (Wildman–Crippen LogP) is 0.0541. The number of hydrogen-bond donors (Lipinski definition) is 1. The number of carbonyl (C=O) groups excluding carboxylic acids is 2. The molecule has 0 aromatic carbocycles. The quantitative estimate of drug-likeness (QED) is 0.750. The molecule has 2 fully saturated rings. The Hall–Kier alpha value is -1.34. The van der Waals surface area contributed by atoms with Crippen molar-refractivity contribution >= 4 is 12.0 Å². The van der Waals surface area contributed by atoms with Crippen LogP contribution in [-0.4, -0.2) is 79.9 Å². The fourth-order valence-electron chi connectivity index (χ4n) is 2.51. The average Bonchev–Trinajstić information content (AvgIpc) is 2.81. The highest BCUT2D eigenvalue weighted by Gasteiger charge is 2.35. The third kappa shape index (κ3) is 4.86. The highest BCUT2D eigenvalue weighted by atomic mass is 16.6. The van der Waals surface area contributed by atoms with Gasteiger partial charge in [-0.05, 0) is 20.3 Å². The summed E-state index contributed by atoms with van der Waals surface area (Å²) in [6.45, 7) is 9.14. The van der Waals surface area contributed by atoms with Gasteiger partial charge in [-0.15, -0.1) is 0 Å². The molecule has 7 nitrogen and oxygen atoms in total. The number of nitrogens with one attached hydrogen (secondary N) is 1. The molecule has 2 saturated heterocycles. The van der Waals surface area contributed by atoms with Crippen molar-refractivity contribution in [1.29, 1.82) is 0 Å². The van der Waals surface area contributed by atoms with E-state index in [0.29, 0.717) is 13.1 Å². The van der Waals surface area contributed by atoms with Gasteiger partial charge in [0.05, 0.1) is 19.8 Å². The number of amides is 2. The van der Waals surface area contributed by atoms with Crippen LogP contribution in [0.15, 0.2) is 0 Å². The van der Waals surface area contributed by atoms with Crippen LogP contribution in [0.4, 0.5) is 4.79 Å². The topological polar surface area (TPSA) is 71.1 Å². The number of ether oxygens (including phenoxy) is 2. The van der Waals surface area contributed by atoms with E-state index in [1.807, 2.05) is 13.8 Å². The lowest BCUT2D eigenvalue weighted by molar-refractivity contribution is -0.128. The first-order valence-corrected chi connectivity index (χ1v) is 7.62. The van der Waals surface area contributed by atoms with Gasteiger partial charge in [-0.25, -0.2) is 4.79 Å². The maximum atomic E-state index is 11.8. The monoisotopic (exact) mass is 299 g/mol. The van der Waals surface area contributed by atoms with Gasteiger partial charge < -0.3 is 19.7 Å². The summed E-state index contributed by atoms with van der Waals surface area (Å²) in [6, 6.07) is 0.0478. The van der Waals surface area contributed by atoms with E-state index in [9.17, 15) is 9.59 Å². The highest BCUT2D eigenvalue weighted by molar-refractivity contribution is 5.86. The second-order valence-electron chi connectivity index (χ2n) is 5.79.